The number of ether oxygens (including phenoxy) is 1. The van der Waals surface area contributed by atoms with Crippen LogP contribution in [0.5, 0.6) is 5.75 Å². The molecule has 2 aromatic rings. The van der Waals surface area contributed by atoms with E-state index in [0.717, 1.165) is 5.06 Å². The Balaban J connectivity index is 1.79. The number of amides is 2. The quantitative estimate of drug-likeness (QED) is 0.723. The van der Waals surface area contributed by atoms with Gasteiger partial charge in [-0.15, -0.1) is 5.06 Å². The van der Waals surface area contributed by atoms with E-state index >= 15 is 0 Å². The smallest absolute Gasteiger partial charge is 0.440 e. The third-order valence-electron chi connectivity index (χ3n) is 4.64. The molecule has 1 fully saturated rings. The Labute approximate surface area is 174 Å². The highest BCUT2D eigenvalue weighted by atomic mass is 19.1. The molecule has 160 valence electrons. The van der Waals surface area contributed by atoms with Gasteiger partial charge in [-0.3, -0.25) is 4.79 Å². The summed E-state index contributed by atoms with van der Waals surface area (Å²) in [7, 11) is 0. The lowest BCUT2D eigenvalue weighted by Crippen LogP contribution is -2.40. The van der Waals surface area contributed by atoms with Crippen LogP contribution >= 0.6 is 0 Å². The molecule has 8 heteroatoms. The maximum atomic E-state index is 14.4. The summed E-state index contributed by atoms with van der Waals surface area (Å²) in [6, 6.07) is 10.7. The number of hydroxylamine groups is 2. The number of carboxylic acid groups (broad SMARTS) is 1. The van der Waals surface area contributed by atoms with E-state index in [1.807, 2.05) is 13.8 Å². The number of nitrogens with zero attached hydrogens (tertiary/aromatic N) is 2. The van der Waals surface area contributed by atoms with Crippen molar-refractivity contribution in [1.29, 1.82) is 0 Å². The normalized spacial score (nSPS) is 13.9. The fourth-order valence-electron chi connectivity index (χ4n) is 3.14. The summed E-state index contributed by atoms with van der Waals surface area (Å²) in [4.78, 5) is 31.1. The van der Waals surface area contributed by atoms with E-state index in [4.69, 9.17) is 9.57 Å². The molecule has 0 bridgehead atoms. The SMILES string of the molecule is CC(C)CN(Oc1ccc(F)c(-c2ccc(C(=O)N3CCOCC3)cc2)c1)C(=O)O. The van der Waals surface area contributed by atoms with E-state index in [9.17, 15) is 19.1 Å². The van der Waals surface area contributed by atoms with Crippen molar-refractivity contribution in [2.45, 2.75) is 13.8 Å². The second kappa shape index (κ2) is 9.58. The first-order valence-corrected chi connectivity index (χ1v) is 9.80. The molecule has 0 saturated carbocycles. The van der Waals surface area contributed by atoms with E-state index in [1.165, 1.54) is 18.2 Å². The first kappa shape index (κ1) is 21.6. The highest BCUT2D eigenvalue weighted by molar-refractivity contribution is 5.94. The minimum atomic E-state index is -1.22. The monoisotopic (exact) mass is 416 g/mol. The molecule has 0 aliphatic carbocycles. The molecule has 0 atom stereocenters. The minimum absolute atomic E-state index is 0.0672. The number of hydrogen-bond donors (Lipinski definition) is 1. The topological polar surface area (TPSA) is 79.3 Å². The standard InChI is InChI=1S/C22H25FN2O5/c1-15(2)14-25(22(27)28)30-18-7-8-20(23)19(13-18)16-3-5-17(6-4-16)21(26)24-9-11-29-12-10-24/h3-8,13,15H,9-12,14H2,1-2H3,(H,27,28). The first-order valence-electron chi connectivity index (χ1n) is 9.80. The van der Waals surface area contributed by atoms with Crippen LogP contribution in [0.15, 0.2) is 42.5 Å². The van der Waals surface area contributed by atoms with Crippen molar-refractivity contribution in [3.05, 3.63) is 53.8 Å². The Morgan fingerprint density at radius 2 is 1.83 bits per heavy atom. The van der Waals surface area contributed by atoms with Crippen LogP contribution in [0.2, 0.25) is 0 Å². The van der Waals surface area contributed by atoms with Gasteiger partial charge in [0.05, 0.1) is 19.8 Å². The molecule has 7 nitrogen and oxygen atoms in total. The van der Waals surface area contributed by atoms with Gasteiger partial charge in [0.15, 0.2) is 5.75 Å². The van der Waals surface area contributed by atoms with Gasteiger partial charge in [-0.2, -0.15) is 0 Å². The summed E-state index contributed by atoms with van der Waals surface area (Å²) in [5, 5.41) is 10.1. The van der Waals surface area contributed by atoms with E-state index in [-0.39, 0.29) is 29.7 Å². The van der Waals surface area contributed by atoms with Gasteiger partial charge in [-0.1, -0.05) is 26.0 Å². The molecule has 0 spiro atoms. The van der Waals surface area contributed by atoms with Crippen LogP contribution in [0.1, 0.15) is 24.2 Å². The number of morpholine rings is 1. The zero-order valence-corrected chi connectivity index (χ0v) is 17.0. The van der Waals surface area contributed by atoms with Gasteiger partial charge in [-0.05, 0) is 41.8 Å². The summed E-state index contributed by atoms with van der Waals surface area (Å²) in [6.07, 6.45) is -1.22. The molecule has 1 N–H and O–H groups in total. The molecule has 0 unspecified atom stereocenters. The Morgan fingerprint density at radius 3 is 2.43 bits per heavy atom. The van der Waals surface area contributed by atoms with Crippen molar-refractivity contribution in [2.24, 2.45) is 5.92 Å². The van der Waals surface area contributed by atoms with Gasteiger partial charge >= 0.3 is 6.09 Å². The number of halogens is 1. The summed E-state index contributed by atoms with van der Waals surface area (Å²) in [5.74, 6) is -0.283. The van der Waals surface area contributed by atoms with Crippen LogP contribution in [0.4, 0.5) is 9.18 Å². The maximum absolute atomic E-state index is 14.4. The largest absolute Gasteiger partial charge is 0.463 e. The van der Waals surface area contributed by atoms with Crippen molar-refractivity contribution in [3.8, 4) is 16.9 Å². The van der Waals surface area contributed by atoms with Crippen LogP contribution in [0.3, 0.4) is 0 Å². The van der Waals surface area contributed by atoms with Crippen LogP contribution in [0.25, 0.3) is 11.1 Å². The maximum Gasteiger partial charge on any atom is 0.440 e. The van der Waals surface area contributed by atoms with Crippen LogP contribution < -0.4 is 4.84 Å². The molecule has 30 heavy (non-hydrogen) atoms. The van der Waals surface area contributed by atoms with Crippen LogP contribution in [0, 0.1) is 11.7 Å². The Morgan fingerprint density at radius 1 is 1.17 bits per heavy atom. The molecule has 3 rings (SSSR count). The average molecular weight is 416 g/mol. The number of carbonyl (C=O) groups is 2. The Bertz CT molecular complexity index is 895. The molecule has 1 aliphatic heterocycles. The fraction of sp³-hybridized carbons (Fsp3) is 0.364. The lowest BCUT2D eigenvalue weighted by molar-refractivity contribution is -0.0434. The van der Waals surface area contributed by atoms with Crippen molar-refractivity contribution < 1.29 is 28.7 Å². The summed E-state index contributed by atoms with van der Waals surface area (Å²) in [6.45, 7) is 6.05. The molecule has 2 aromatic carbocycles. The van der Waals surface area contributed by atoms with Crippen molar-refractivity contribution in [3.63, 3.8) is 0 Å². The molecule has 1 saturated heterocycles. The van der Waals surface area contributed by atoms with E-state index in [0.29, 0.717) is 37.4 Å². The van der Waals surface area contributed by atoms with Crippen LogP contribution in [-0.4, -0.2) is 59.9 Å². The molecule has 2 amide bonds. The van der Waals surface area contributed by atoms with Gasteiger partial charge < -0.3 is 19.6 Å². The van der Waals surface area contributed by atoms with Gasteiger partial charge in [0.2, 0.25) is 0 Å². The summed E-state index contributed by atoms with van der Waals surface area (Å²) < 4.78 is 19.7. The lowest BCUT2D eigenvalue weighted by Gasteiger charge is -2.26. The van der Waals surface area contributed by atoms with E-state index < -0.39 is 11.9 Å². The zero-order chi connectivity index (χ0) is 21.7. The number of rotatable bonds is 6. The predicted molar refractivity (Wildman–Crippen MR) is 109 cm³/mol. The second-order valence-electron chi connectivity index (χ2n) is 7.45. The van der Waals surface area contributed by atoms with Gasteiger partial charge in [0.25, 0.3) is 5.91 Å². The van der Waals surface area contributed by atoms with Gasteiger partial charge in [-0.25, -0.2) is 9.18 Å². The number of benzene rings is 2. The Kier molecular flexibility index (Phi) is 6.89. The van der Waals surface area contributed by atoms with Gasteiger partial charge in [0, 0.05) is 24.2 Å². The third-order valence-corrected chi connectivity index (χ3v) is 4.64. The molecule has 0 radical (unpaired) electrons. The molecule has 1 aliphatic rings. The molecular weight excluding hydrogens is 391 g/mol. The highest BCUT2D eigenvalue weighted by Gasteiger charge is 2.19. The summed E-state index contributed by atoms with van der Waals surface area (Å²) >= 11 is 0. The van der Waals surface area contributed by atoms with E-state index in [2.05, 4.69) is 0 Å². The third kappa shape index (κ3) is 5.27. The van der Waals surface area contributed by atoms with E-state index in [1.54, 1.807) is 29.2 Å². The second-order valence-corrected chi connectivity index (χ2v) is 7.45. The Hall–Kier alpha value is -3.13. The van der Waals surface area contributed by atoms with Crippen molar-refractivity contribution in [1.82, 2.24) is 9.96 Å². The minimum Gasteiger partial charge on any atom is -0.463 e. The zero-order valence-electron chi connectivity index (χ0n) is 17.0. The average Bonchev–Trinajstić information content (AvgIpc) is 2.74. The lowest BCUT2D eigenvalue weighted by atomic mass is 10.0. The highest BCUT2D eigenvalue weighted by Crippen LogP contribution is 2.28. The molecular formula is C22H25FN2O5. The first-order chi connectivity index (χ1) is 14.3. The molecule has 1 heterocycles. The molecule has 0 aromatic heterocycles. The van der Waals surface area contributed by atoms with Crippen molar-refractivity contribution >= 4 is 12.0 Å². The van der Waals surface area contributed by atoms with Gasteiger partial charge in [0.1, 0.15) is 5.82 Å². The van der Waals surface area contributed by atoms with Crippen molar-refractivity contribution in [2.75, 3.05) is 32.8 Å². The van der Waals surface area contributed by atoms with Crippen LogP contribution in [-0.2, 0) is 4.74 Å². The fourth-order valence-corrected chi connectivity index (χ4v) is 3.14. The predicted octanol–water partition coefficient (Wildman–Crippen LogP) is 3.89. The number of carbonyl (C=O) groups excluding carboxylic acids is 1. The number of hydrogen-bond acceptors (Lipinski definition) is 4. The summed E-state index contributed by atoms with van der Waals surface area (Å²) in [5.41, 5.74) is 1.33.